The quantitative estimate of drug-likeness (QED) is 0.565. The largest absolute Gasteiger partial charge is 0.491 e. The van der Waals surface area contributed by atoms with Crippen molar-refractivity contribution in [2.24, 2.45) is 0 Å². The number of benzene rings is 1. The molecular formula is C10H12ClFO4S. The van der Waals surface area contributed by atoms with Gasteiger partial charge >= 0.3 is 0 Å². The first kappa shape index (κ1) is 14.2. The van der Waals surface area contributed by atoms with Gasteiger partial charge in [0.15, 0.2) is 0 Å². The van der Waals surface area contributed by atoms with E-state index in [0.717, 1.165) is 0 Å². The Kier molecular flexibility index (Phi) is 5.67. The van der Waals surface area contributed by atoms with Crippen molar-refractivity contribution in [3.05, 3.63) is 30.1 Å². The first-order chi connectivity index (χ1) is 7.97. The maximum Gasteiger partial charge on any atom is 0.234 e. The summed E-state index contributed by atoms with van der Waals surface area (Å²) in [6.45, 7) is 0.524. The van der Waals surface area contributed by atoms with Crippen LogP contribution in [0.3, 0.4) is 0 Å². The van der Waals surface area contributed by atoms with E-state index in [4.69, 9.17) is 20.2 Å². The predicted octanol–water partition coefficient (Wildman–Crippen LogP) is 1.79. The van der Waals surface area contributed by atoms with Crippen LogP contribution in [-0.4, -0.2) is 34.0 Å². The normalized spacial score (nSPS) is 11.4. The van der Waals surface area contributed by atoms with Crippen molar-refractivity contribution < 1.29 is 22.3 Å². The Balaban J connectivity index is 2.10. The molecule has 4 nitrogen and oxygen atoms in total. The van der Waals surface area contributed by atoms with Gasteiger partial charge in [-0.25, -0.2) is 12.8 Å². The Morgan fingerprint density at radius 2 is 1.76 bits per heavy atom. The number of ether oxygens (including phenoxy) is 2. The Bertz CT molecular complexity index is 432. The molecule has 0 heterocycles. The van der Waals surface area contributed by atoms with Crippen molar-refractivity contribution >= 4 is 19.7 Å². The molecule has 0 aliphatic rings. The smallest absolute Gasteiger partial charge is 0.234 e. The lowest BCUT2D eigenvalue weighted by Crippen LogP contribution is -2.11. The van der Waals surface area contributed by atoms with Crippen LogP contribution in [0.2, 0.25) is 0 Å². The zero-order chi connectivity index (χ0) is 12.7. The maximum absolute atomic E-state index is 12.5. The molecule has 0 aliphatic carbocycles. The second kappa shape index (κ2) is 6.78. The van der Waals surface area contributed by atoms with Gasteiger partial charge < -0.3 is 9.47 Å². The molecule has 17 heavy (non-hydrogen) atoms. The molecule has 0 aromatic heterocycles. The fraction of sp³-hybridized carbons (Fsp3) is 0.400. The summed E-state index contributed by atoms with van der Waals surface area (Å²) in [4.78, 5) is 0. The van der Waals surface area contributed by atoms with E-state index in [9.17, 15) is 12.8 Å². The summed E-state index contributed by atoms with van der Waals surface area (Å²) in [6.07, 6.45) is 0. The molecule has 0 saturated heterocycles. The molecule has 1 aromatic rings. The third kappa shape index (κ3) is 7.14. The highest BCUT2D eigenvalue weighted by atomic mass is 35.7. The van der Waals surface area contributed by atoms with Gasteiger partial charge in [0.2, 0.25) is 9.05 Å². The van der Waals surface area contributed by atoms with E-state index in [2.05, 4.69) is 0 Å². The Labute approximate surface area is 104 Å². The van der Waals surface area contributed by atoms with Crippen LogP contribution in [0.4, 0.5) is 4.39 Å². The van der Waals surface area contributed by atoms with E-state index in [1.165, 1.54) is 24.3 Å². The Morgan fingerprint density at radius 3 is 2.35 bits per heavy atom. The zero-order valence-corrected chi connectivity index (χ0v) is 10.5. The van der Waals surface area contributed by atoms with Crippen molar-refractivity contribution in [3.8, 4) is 5.75 Å². The van der Waals surface area contributed by atoms with Crippen LogP contribution in [0.15, 0.2) is 24.3 Å². The molecule has 7 heteroatoms. The van der Waals surface area contributed by atoms with Gasteiger partial charge in [0.05, 0.1) is 19.0 Å². The number of hydrogen-bond acceptors (Lipinski definition) is 4. The van der Waals surface area contributed by atoms with E-state index >= 15 is 0 Å². The average Bonchev–Trinajstić information content (AvgIpc) is 2.24. The molecule has 0 unspecified atom stereocenters. The first-order valence-corrected chi connectivity index (χ1v) is 7.34. The van der Waals surface area contributed by atoms with Crippen LogP contribution in [0.25, 0.3) is 0 Å². The summed E-state index contributed by atoms with van der Waals surface area (Å²) in [5.74, 6) is -0.0358. The highest BCUT2D eigenvalue weighted by Crippen LogP contribution is 2.10. The number of hydrogen-bond donors (Lipinski definition) is 0. The molecule has 0 aliphatic heterocycles. The zero-order valence-electron chi connectivity index (χ0n) is 8.93. The monoisotopic (exact) mass is 282 g/mol. The number of halogens is 2. The van der Waals surface area contributed by atoms with Crippen LogP contribution in [0.5, 0.6) is 5.75 Å². The summed E-state index contributed by atoms with van der Waals surface area (Å²) in [5, 5.41) is 0. The van der Waals surface area contributed by atoms with Crippen LogP contribution in [-0.2, 0) is 13.8 Å². The average molecular weight is 283 g/mol. The summed E-state index contributed by atoms with van der Waals surface area (Å²) < 4.78 is 43.8. The van der Waals surface area contributed by atoms with Crippen molar-refractivity contribution in [3.63, 3.8) is 0 Å². The second-order valence-electron chi connectivity index (χ2n) is 3.16. The van der Waals surface area contributed by atoms with E-state index < -0.39 is 9.05 Å². The Morgan fingerprint density at radius 1 is 1.12 bits per heavy atom. The summed E-state index contributed by atoms with van der Waals surface area (Å²) >= 11 is 0. The summed E-state index contributed by atoms with van der Waals surface area (Å²) in [5.41, 5.74) is 0. The van der Waals surface area contributed by atoms with Gasteiger partial charge in [-0.1, -0.05) is 0 Å². The molecule has 0 saturated carbocycles. The molecule has 0 fully saturated rings. The van der Waals surface area contributed by atoms with Gasteiger partial charge in [0.1, 0.15) is 18.2 Å². The van der Waals surface area contributed by atoms with Gasteiger partial charge in [-0.15, -0.1) is 0 Å². The van der Waals surface area contributed by atoms with Gasteiger partial charge in [0.25, 0.3) is 0 Å². The molecule has 0 atom stereocenters. The lowest BCUT2D eigenvalue weighted by atomic mass is 10.3. The minimum atomic E-state index is -3.50. The minimum absolute atomic E-state index is 0.0264. The van der Waals surface area contributed by atoms with Crippen LogP contribution in [0.1, 0.15) is 0 Å². The SMILES string of the molecule is O=S(=O)(Cl)CCOCCOc1ccc(F)cc1. The fourth-order valence-corrected chi connectivity index (χ4v) is 1.52. The van der Waals surface area contributed by atoms with Crippen LogP contribution < -0.4 is 4.74 Å². The number of rotatable bonds is 7. The molecular weight excluding hydrogens is 271 g/mol. The summed E-state index contributed by atoms with van der Waals surface area (Å²) in [7, 11) is 1.48. The van der Waals surface area contributed by atoms with Crippen LogP contribution in [0, 0.1) is 5.82 Å². The van der Waals surface area contributed by atoms with E-state index in [1.54, 1.807) is 0 Å². The second-order valence-corrected chi connectivity index (χ2v) is 6.05. The van der Waals surface area contributed by atoms with E-state index in [1.807, 2.05) is 0 Å². The van der Waals surface area contributed by atoms with Crippen molar-refractivity contribution in [2.75, 3.05) is 25.6 Å². The van der Waals surface area contributed by atoms with E-state index in [-0.39, 0.29) is 31.4 Å². The molecule has 0 N–H and O–H groups in total. The fourth-order valence-electron chi connectivity index (χ4n) is 1.01. The molecule has 0 amide bonds. The minimum Gasteiger partial charge on any atom is -0.491 e. The third-order valence-electron chi connectivity index (χ3n) is 1.78. The van der Waals surface area contributed by atoms with Crippen LogP contribution >= 0.6 is 10.7 Å². The summed E-state index contributed by atoms with van der Waals surface area (Å²) in [6, 6.07) is 5.57. The van der Waals surface area contributed by atoms with Crippen molar-refractivity contribution in [1.82, 2.24) is 0 Å². The first-order valence-electron chi connectivity index (χ1n) is 4.86. The van der Waals surface area contributed by atoms with Gasteiger partial charge in [-0.2, -0.15) is 0 Å². The van der Waals surface area contributed by atoms with Crippen molar-refractivity contribution in [2.45, 2.75) is 0 Å². The van der Waals surface area contributed by atoms with E-state index in [0.29, 0.717) is 5.75 Å². The highest BCUT2D eigenvalue weighted by molar-refractivity contribution is 8.13. The topological polar surface area (TPSA) is 52.6 Å². The van der Waals surface area contributed by atoms with Gasteiger partial charge in [-0.3, -0.25) is 0 Å². The van der Waals surface area contributed by atoms with Gasteiger partial charge in [0, 0.05) is 10.7 Å². The highest BCUT2D eigenvalue weighted by Gasteiger charge is 2.03. The molecule has 0 spiro atoms. The molecule has 0 radical (unpaired) electrons. The predicted molar refractivity (Wildman–Crippen MR) is 62.4 cm³/mol. The lowest BCUT2D eigenvalue weighted by molar-refractivity contribution is 0.111. The molecule has 1 aromatic carbocycles. The van der Waals surface area contributed by atoms with Crippen molar-refractivity contribution in [1.29, 1.82) is 0 Å². The van der Waals surface area contributed by atoms with Gasteiger partial charge in [-0.05, 0) is 24.3 Å². The standard InChI is InChI=1S/C10H12ClFO4S/c11-17(13,14)8-7-15-5-6-16-10-3-1-9(12)2-4-10/h1-4H,5-8H2. The molecule has 1 rings (SSSR count). The Hall–Kier alpha value is -0.850. The maximum atomic E-state index is 12.5. The lowest BCUT2D eigenvalue weighted by Gasteiger charge is -2.06. The third-order valence-corrected chi connectivity index (χ3v) is 2.90. The molecule has 0 bridgehead atoms. The molecule has 96 valence electrons.